The SMILES string of the molecule is CCN(CC)c1ncc(CNCCC2CCCCC2)s1. The van der Waals surface area contributed by atoms with Gasteiger partial charge in [0, 0.05) is 30.7 Å². The number of anilines is 1. The summed E-state index contributed by atoms with van der Waals surface area (Å²) < 4.78 is 0. The van der Waals surface area contributed by atoms with E-state index in [9.17, 15) is 0 Å². The molecule has 0 aliphatic heterocycles. The van der Waals surface area contributed by atoms with Crippen LogP contribution in [0.4, 0.5) is 5.13 Å². The first-order chi connectivity index (χ1) is 9.83. The van der Waals surface area contributed by atoms with Crippen LogP contribution >= 0.6 is 11.3 Å². The van der Waals surface area contributed by atoms with Gasteiger partial charge >= 0.3 is 0 Å². The summed E-state index contributed by atoms with van der Waals surface area (Å²) in [7, 11) is 0. The lowest BCUT2D eigenvalue weighted by molar-refractivity contribution is 0.334. The molecule has 20 heavy (non-hydrogen) atoms. The van der Waals surface area contributed by atoms with E-state index in [0.29, 0.717) is 0 Å². The maximum absolute atomic E-state index is 4.53. The number of nitrogens with one attached hydrogen (secondary N) is 1. The molecule has 1 fully saturated rings. The Balaban J connectivity index is 1.66. The maximum Gasteiger partial charge on any atom is 0.185 e. The minimum absolute atomic E-state index is 0.976. The van der Waals surface area contributed by atoms with E-state index < -0.39 is 0 Å². The Bertz CT molecular complexity index is 368. The van der Waals surface area contributed by atoms with Crippen LogP contribution in [0.1, 0.15) is 57.2 Å². The van der Waals surface area contributed by atoms with Crippen molar-refractivity contribution in [2.45, 2.75) is 58.9 Å². The predicted octanol–water partition coefficient (Wildman–Crippen LogP) is 4.05. The van der Waals surface area contributed by atoms with Crippen molar-refractivity contribution in [2.24, 2.45) is 5.92 Å². The molecule has 0 bridgehead atoms. The van der Waals surface area contributed by atoms with Gasteiger partial charge in [0.25, 0.3) is 0 Å². The molecule has 0 radical (unpaired) electrons. The Morgan fingerprint density at radius 3 is 2.70 bits per heavy atom. The lowest BCUT2D eigenvalue weighted by Crippen LogP contribution is -2.21. The normalized spacial score (nSPS) is 16.5. The van der Waals surface area contributed by atoms with Gasteiger partial charge in [-0.05, 0) is 32.7 Å². The van der Waals surface area contributed by atoms with Crippen LogP contribution in [0, 0.1) is 5.92 Å². The predicted molar refractivity (Wildman–Crippen MR) is 88.6 cm³/mol. The number of hydrogen-bond acceptors (Lipinski definition) is 4. The van der Waals surface area contributed by atoms with Crippen molar-refractivity contribution >= 4 is 16.5 Å². The molecule has 0 amide bonds. The van der Waals surface area contributed by atoms with Crippen molar-refractivity contribution in [3.05, 3.63) is 11.1 Å². The van der Waals surface area contributed by atoms with E-state index in [1.807, 2.05) is 17.5 Å². The largest absolute Gasteiger partial charge is 0.349 e. The number of thiazole rings is 1. The first-order valence-electron chi connectivity index (χ1n) is 8.23. The molecule has 1 heterocycles. The van der Waals surface area contributed by atoms with E-state index in [1.165, 1.54) is 48.5 Å². The van der Waals surface area contributed by atoms with Crippen molar-refractivity contribution in [2.75, 3.05) is 24.5 Å². The number of rotatable bonds is 8. The molecule has 0 atom stereocenters. The highest BCUT2D eigenvalue weighted by atomic mass is 32.1. The minimum Gasteiger partial charge on any atom is -0.349 e. The van der Waals surface area contributed by atoms with Gasteiger partial charge in [-0.1, -0.05) is 32.1 Å². The second-order valence-electron chi connectivity index (χ2n) is 5.75. The van der Waals surface area contributed by atoms with E-state index in [-0.39, 0.29) is 0 Å². The zero-order valence-electron chi connectivity index (χ0n) is 13.0. The average Bonchev–Trinajstić information content (AvgIpc) is 2.95. The van der Waals surface area contributed by atoms with Crippen LogP contribution in [0.15, 0.2) is 6.20 Å². The Labute approximate surface area is 127 Å². The smallest absolute Gasteiger partial charge is 0.185 e. The standard InChI is InChI=1S/C16H29N3S/c1-3-19(4-2)16-18-13-15(20-16)12-17-11-10-14-8-6-5-7-9-14/h13-14,17H,3-12H2,1-2H3. The molecule has 4 heteroatoms. The Morgan fingerprint density at radius 2 is 2.00 bits per heavy atom. The quantitative estimate of drug-likeness (QED) is 0.733. The van der Waals surface area contributed by atoms with Crippen LogP contribution in [0.3, 0.4) is 0 Å². The summed E-state index contributed by atoms with van der Waals surface area (Å²) in [6.45, 7) is 8.59. The fourth-order valence-electron chi connectivity index (χ4n) is 3.01. The summed E-state index contributed by atoms with van der Waals surface area (Å²) in [4.78, 5) is 8.20. The van der Waals surface area contributed by atoms with Crippen molar-refractivity contribution < 1.29 is 0 Å². The van der Waals surface area contributed by atoms with E-state index >= 15 is 0 Å². The second kappa shape index (κ2) is 8.63. The molecule has 3 nitrogen and oxygen atoms in total. The highest BCUT2D eigenvalue weighted by Crippen LogP contribution is 2.26. The van der Waals surface area contributed by atoms with E-state index in [1.54, 1.807) is 0 Å². The first-order valence-corrected chi connectivity index (χ1v) is 9.05. The van der Waals surface area contributed by atoms with Gasteiger partial charge in [-0.3, -0.25) is 0 Å². The third-order valence-electron chi connectivity index (χ3n) is 4.33. The molecule has 0 saturated heterocycles. The van der Waals surface area contributed by atoms with E-state index in [2.05, 4.69) is 29.0 Å². The zero-order valence-corrected chi connectivity index (χ0v) is 13.8. The molecule has 0 aromatic carbocycles. The Morgan fingerprint density at radius 1 is 1.25 bits per heavy atom. The summed E-state index contributed by atoms with van der Waals surface area (Å²) in [5.41, 5.74) is 0. The number of nitrogens with zero attached hydrogens (tertiary/aromatic N) is 2. The molecule has 114 valence electrons. The van der Waals surface area contributed by atoms with E-state index in [4.69, 9.17) is 0 Å². The highest BCUT2D eigenvalue weighted by molar-refractivity contribution is 7.15. The summed E-state index contributed by atoms with van der Waals surface area (Å²) >= 11 is 1.83. The molecule has 0 unspecified atom stereocenters. The number of hydrogen-bond donors (Lipinski definition) is 1. The van der Waals surface area contributed by atoms with Gasteiger partial charge in [-0.2, -0.15) is 0 Å². The van der Waals surface area contributed by atoms with Crippen molar-refractivity contribution in [3.63, 3.8) is 0 Å². The minimum atomic E-state index is 0.976. The van der Waals surface area contributed by atoms with Crippen molar-refractivity contribution in [1.82, 2.24) is 10.3 Å². The Kier molecular flexibility index (Phi) is 6.80. The Hall–Kier alpha value is -0.610. The average molecular weight is 295 g/mol. The van der Waals surface area contributed by atoms with Crippen molar-refractivity contribution in [1.29, 1.82) is 0 Å². The molecule has 1 aromatic heterocycles. The van der Waals surface area contributed by atoms with Crippen molar-refractivity contribution in [3.8, 4) is 0 Å². The molecule has 1 aliphatic carbocycles. The molecule has 1 saturated carbocycles. The van der Waals surface area contributed by atoms with Crippen LogP contribution in [-0.2, 0) is 6.54 Å². The lowest BCUT2D eigenvalue weighted by atomic mass is 9.87. The highest BCUT2D eigenvalue weighted by Gasteiger charge is 2.12. The van der Waals surface area contributed by atoms with Gasteiger partial charge in [0.2, 0.25) is 0 Å². The fraction of sp³-hybridized carbons (Fsp3) is 0.812. The zero-order chi connectivity index (χ0) is 14.2. The van der Waals surface area contributed by atoms with Crippen LogP contribution in [0.5, 0.6) is 0 Å². The molecular formula is C16H29N3S. The molecule has 0 spiro atoms. The molecule has 1 aromatic rings. The van der Waals surface area contributed by atoms with E-state index in [0.717, 1.165) is 32.1 Å². The molecule has 1 aliphatic rings. The molecule has 2 rings (SSSR count). The third kappa shape index (κ3) is 4.74. The summed E-state index contributed by atoms with van der Waals surface area (Å²) in [5, 5.41) is 4.75. The third-order valence-corrected chi connectivity index (χ3v) is 5.39. The number of aromatic nitrogens is 1. The van der Waals surface area contributed by atoms with Crippen LogP contribution in [0.2, 0.25) is 0 Å². The monoisotopic (exact) mass is 295 g/mol. The van der Waals surface area contributed by atoms with Crippen LogP contribution in [-0.4, -0.2) is 24.6 Å². The van der Waals surface area contributed by atoms with Gasteiger partial charge in [0.05, 0.1) is 0 Å². The molecule has 1 N–H and O–H groups in total. The van der Waals surface area contributed by atoms with Gasteiger partial charge in [-0.25, -0.2) is 4.98 Å². The van der Waals surface area contributed by atoms with Gasteiger partial charge in [0.1, 0.15) is 0 Å². The summed E-state index contributed by atoms with van der Waals surface area (Å²) in [6, 6.07) is 0. The maximum atomic E-state index is 4.53. The van der Waals surface area contributed by atoms with Crippen LogP contribution < -0.4 is 10.2 Å². The first kappa shape index (κ1) is 15.8. The van der Waals surface area contributed by atoms with Gasteiger partial charge < -0.3 is 10.2 Å². The summed E-state index contributed by atoms with van der Waals surface area (Å²) in [6.07, 6.45) is 10.6. The second-order valence-corrected chi connectivity index (χ2v) is 6.84. The topological polar surface area (TPSA) is 28.2 Å². The fourth-order valence-corrected chi connectivity index (χ4v) is 4.02. The van der Waals surface area contributed by atoms with Crippen LogP contribution in [0.25, 0.3) is 0 Å². The van der Waals surface area contributed by atoms with Gasteiger partial charge in [0.15, 0.2) is 5.13 Å². The lowest BCUT2D eigenvalue weighted by Gasteiger charge is -2.21. The summed E-state index contributed by atoms with van der Waals surface area (Å²) in [5.74, 6) is 0.976. The van der Waals surface area contributed by atoms with Gasteiger partial charge in [-0.15, -0.1) is 11.3 Å². The molecular weight excluding hydrogens is 266 g/mol.